The summed E-state index contributed by atoms with van der Waals surface area (Å²) in [6, 6.07) is 7.73. The zero-order valence-electron chi connectivity index (χ0n) is 21.9. The first-order valence-corrected chi connectivity index (χ1v) is 12.9. The van der Waals surface area contributed by atoms with Gasteiger partial charge in [-0.2, -0.15) is 0 Å². The standard InChI is InChI=1S/C27H30O15/c1-9-18(32)20(34)22(36)26(38-9)39-11-4-2-10(3-5-11)15-7-13(30)17-12(29)6-14(31)24(25(17)40-15)42-27-23(37)21(35)19(33)16(8-28)41-27/h2-7,9,16,18-23,26-29,31-37H,8H2,1H3/t9?,16-,18?,19-,20?,21+,22?,23+,26?,27-/m0/s1. The van der Waals surface area contributed by atoms with Gasteiger partial charge in [-0.25, -0.2) is 0 Å². The SMILES string of the molecule is CC1OC(Oc2ccc(-c3cc(=O)c4c(O)cc(O)c(O[C@@H]5O[C@@H](CO)[C@H](O)[C@@H](O)[C@H]5O)c4o3)cc2)C(O)C(O)C1O. The van der Waals surface area contributed by atoms with Crippen molar-refractivity contribution in [2.75, 3.05) is 6.61 Å². The Morgan fingerprint density at radius 3 is 2.02 bits per heavy atom. The topological polar surface area (TPSA) is 249 Å². The van der Waals surface area contributed by atoms with E-state index in [1.807, 2.05) is 0 Å². The summed E-state index contributed by atoms with van der Waals surface area (Å²) >= 11 is 0. The van der Waals surface area contributed by atoms with E-state index < -0.39 is 96.3 Å². The van der Waals surface area contributed by atoms with Crippen LogP contribution in [0, 0.1) is 0 Å². The summed E-state index contributed by atoms with van der Waals surface area (Å²) in [6.45, 7) is 0.769. The van der Waals surface area contributed by atoms with Crippen LogP contribution in [-0.2, 0) is 9.47 Å². The van der Waals surface area contributed by atoms with E-state index in [1.165, 1.54) is 31.2 Å². The van der Waals surface area contributed by atoms with E-state index in [0.717, 1.165) is 12.1 Å². The molecule has 2 saturated heterocycles. The summed E-state index contributed by atoms with van der Waals surface area (Å²) < 4.78 is 27.7. The van der Waals surface area contributed by atoms with E-state index in [9.17, 15) is 50.8 Å². The van der Waals surface area contributed by atoms with Crippen molar-refractivity contribution in [2.45, 2.75) is 68.3 Å². The molecule has 2 fully saturated rings. The molecule has 5 rings (SSSR count). The van der Waals surface area contributed by atoms with E-state index in [1.54, 1.807) is 0 Å². The minimum Gasteiger partial charge on any atom is -0.507 e. The van der Waals surface area contributed by atoms with Gasteiger partial charge in [-0.3, -0.25) is 4.79 Å². The number of ether oxygens (including phenoxy) is 4. The molecule has 5 unspecified atom stereocenters. The summed E-state index contributed by atoms with van der Waals surface area (Å²) in [7, 11) is 0. The zero-order valence-corrected chi connectivity index (χ0v) is 21.9. The molecular formula is C27H30O15. The van der Waals surface area contributed by atoms with Gasteiger partial charge >= 0.3 is 0 Å². The molecule has 0 radical (unpaired) electrons. The maximum Gasteiger partial charge on any atom is 0.229 e. The highest BCUT2D eigenvalue weighted by atomic mass is 16.7. The van der Waals surface area contributed by atoms with E-state index in [2.05, 4.69) is 0 Å². The van der Waals surface area contributed by atoms with Gasteiger partial charge in [0.15, 0.2) is 16.8 Å². The molecule has 42 heavy (non-hydrogen) atoms. The number of hydrogen-bond donors (Lipinski definition) is 9. The normalized spacial score (nSPS) is 33.4. The van der Waals surface area contributed by atoms with Crippen LogP contribution >= 0.6 is 0 Å². The number of benzene rings is 2. The molecule has 0 spiro atoms. The fraction of sp³-hybridized carbons (Fsp3) is 0.444. The summed E-state index contributed by atoms with van der Waals surface area (Å²) in [5, 5.41) is 90.5. The molecular weight excluding hydrogens is 564 g/mol. The fourth-order valence-corrected chi connectivity index (χ4v) is 4.76. The lowest BCUT2D eigenvalue weighted by atomic mass is 9.99. The number of aromatic hydroxyl groups is 2. The number of phenols is 2. The molecule has 3 aromatic rings. The van der Waals surface area contributed by atoms with Gasteiger partial charge < -0.3 is 69.3 Å². The third-order valence-electron chi connectivity index (χ3n) is 7.20. The molecule has 3 heterocycles. The predicted octanol–water partition coefficient (Wildman–Crippen LogP) is -1.74. The Morgan fingerprint density at radius 1 is 0.762 bits per heavy atom. The first-order valence-electron chi connectivity index (χ1n) is 12.9. The van der Waals surface area contributed by atoms with Crippen LogP contribution in [0.4, 0.5) is 0 Å². The van der Waals surface area contributed by atoms with Gasteiger partial charge in [0.2, 0.25) is 18.3 Å². The van der Waals surface area contributed by atoms with Gasteiger partial charge in [0.1, 0.15) is 65.4 Å². The second kappa shape index (κ2) is 11.6. The highest BCUT2D eigenvalue weighted by molar-refractivity contribution is 5.91. The Morgan fingerprint density at radius 2 is 1.38 bits per heavy atom. The summed E-state index contributed by atoms with van der Waals surface area (Å²) in [6.07, 6.45) is -14.8. The number of rotatable bonds is 6. The van der Waals surface area contributed by atoms with E-state index in [-0.39, 0.29) is 16.9 Å². The molecule has 0 aliphatic carbocycles. The van der Waals surface area contributed by atoms with Crippen LogP contribution in [0.1, 0.15) is 6.92 Å². The second-order valence-electron chi connectivity index (χ2n) is 10.1. The van der Waals surface area contributed by atoms with Gasteiger partial charge in [0.25, 0.3) is 0 Å². The first kappa shape index (κ1) is 30.0. The van der Waals surface area contributed by atoms with Crippen molar-refractivity contribution in [3.8, 4) is 34.3 Å². The quantitative estimate of drug-likeness (QED) is 0.154. The molecule has 2 aromatic carbocycles. The monoisotopic (exact) mass is 594 g/mol. The zero-order chi connectivity index (χ0) is 30.5. The summed E-state index contributed by atoms with van der Waals surface area (Å²) in [5.41, 5.74) is -0.854. The number of phenolic OH excluding ortho intramolecular Hbond substituents is 2. The Kier molecular flexibility index (Phi) is 8.30. The summed E-state index contributed by atoms with van der Waals surface area (Å²) in [4.78, 5) is 13.0. The van der Waals surface area contributed by atoms with E-state index >= 15 is 0 Å². The Hall–Kier alpha value is -3.51. The van der Waals surface area contributed by atoms with Crippen LogP contribution in [-0.4, -0.2) is 114 Å². The van der Waals surface area contributed by atoms with Crippen molar-refractivity contribution in [1.82, 2.24) is 0 Å². The third kappa shape index (κ3) is 5.37. The molecule has 0 bridgehead atoms. The molecule has 2 aliphatic heterocycles. The van der Waals surface area contributed by atoms with Crippen LogP contribution in [0.15, 0.2) is 45.6 Å². The van der Waals surface area contributed by atoms with Crippen molar-refractivity contribution in [1.29, 1.82) is 0 Å². The van der Waals surface area contributed by atoms with Gasteiger partial charge in [0.05, 0.1) is 12.7 Å². The number of fused-ring (bicyclic) bond motifs is 1. The first-order chi connectivity index (χ1) is 19.9. The van der Waals surface area contributed by atoms with Crippen LogP contribution in [0.2, 0.25) is 0 Å². The number of aliphatic hydroxyl groups excluding tert-OH is 7. The minimum absolute atomic E-state index is 0.0520. The predicted molar refractivity (Wildman–Crippen MR) is 139 cm³/mol. The lowest BCUT2D eigenvalue weighted by Crippen LogP contribution is -2.60. The van der Waals surface area contributed by atoms with E-state index in [0.29, 0.717) is 5.56 Å². The van der Waals surface area contributed by atoms with Gasteiger partial charge in [0, 0.05) is 17.7 Å². The molecule has 1 aromatic heterocycles. The van der Waals surface area contributed by atoms with Gasteiger partial charge in [-0.05, 0) is 31.2 Å². The molecule has 0 amide bonds. The van der Waals surface area contributed by atoms with Gasteiger partial charge in [-0.1, -0.05) is 0 Å². The number of hydrogen-bond acceptors (Lipinski definition) is 15. The third-order valence-corrected chi connectivity index (χ3v) is 7.20. The Bertz CT molecular complexity index is 1470. The van der Waals surface area contributed by atoms with Crippen molar-refractivity contribution < 1.29 is 69.3 Å². The Labute approximate surface area is 236 Å². The molecule has 15 heteroatoms. The highest BCUT2D eigenvalue weighted by Gasteiger charge is 2.45. The molecule has 2 aliphatic rings. The largest absolute Gasteiger partial charge is 0.507 e. The van der Waals surface area contributed by atoms with Crippen molar-refractivity contribution in [3.05, 3.63) is 46.6 Å². The summed E-state index contributed by atoms with van der Waals surface area (Å²) in [5.74, 6) is -1.74. The lowest BCUT2D eigenvalue weighted by Gasteiger charge is -2.39. The van der Waals surface area contributed by atoms with Gasteiger partial charge in [-0.15, -0.1) is 0 Å². The van der Waals surface area contributed by atoms with Crippen molar-refractivity contribution >= 4 is 11.0 Å². The van der Waals surface area contributed by atoms with Crippen LogP contribution in [0.25, 0.3) is 22.3 Å². The fourth-order valence-electron chi connectivity index (χ4n) is 4.76. The maximum absolute atomic E-state index is 13.0. The number of aliphatic hydroxyl groups is 7. The smallest absolute Gasteiger partial charge is 0.229 e. The minimum atomic E-state index is -1.84. The average molecular weight is 595 g/mol. The molecule has 15 nitrogen and oxygen atoms in total. The molecule has 0 saturated carbocycles. The average Bonchev–Trinajstić information content (AvgIpc) is 2.96. The maximum atomic E-state index is 13.0. The second-order valence-corrected chi connectivity index (χ2v) is 10.1. The van der Waals surface area contributed by atoms with Crippen LogP contribution in [0.5, 0.6) is 23.0 Å². The lowest BCUT2D eigenvalue weighted by molar-refractivity contribution is -0.277. The Balaban J connectivity index is 1.46. The molecule has 9 N–H and O–H groups in total. The van der Waals surface area contributed by atoms with Crippen molar-refractivity contribution in [3.63, 3.8) is 0 Å². The molecule has 228 valence electrons. The van der Waals surface area contributed by atoms with Crippen LogP contribution < -0.4 is 14.9 Å². The molecule has 10 atom stereocenters. The van der Waals surface area contributed by atoms with Crippen LogP contribution in [0.3, 0.4) is 0 Å². The highest BCUT2D eigenvalue weighted by Crippen LogP contribution is 2.42. The van der Waals surface area contributed by atoms with Crippen molar-refractivity contribution in [2.24, 2.45) is 0 Å². The van der Waals surface area contributed by atoms with E-state index in [4.69, 9.17) is 23.4 Å².